The molecule has 0 saturated carbocycles. The highest BCUT2D eigenvalue weighted by Gasteiger charge is 2.28. The van der Waals surface area contributed by atoms with E-state index < -0.39 is 6.04 Å². The third kappa shape index (κ3) is 3.68. The fraction of sp³-hybridized carbons (Fsp3) is 0.318. The van der Waals surface area contributed by atoms with E-state index in [0.29, 0.717) is 24.0 Å². The number of aromatic nitrogens is 2. The van der Waals surface area contributed by atoms with E-state index in [0.717, 1.165) is 19.6 Å². The zero-order chi connectivity index (χ0) is 19.5. The van der Waals surface area contributed by atoms with Gasteiger partial charge < -0.3 is 9.80 Å². The van der Waals surface area contributed by atoms with Gasteiger partial charge in [-0.1, -0.05) is 42.5 Å². The number of hydrogen-bond acceptors (Lipinski definition) is 3. The number of quaternary nitrogens is 1. The van der Waals surface area contributed by atoms with Crippen LogP contribution in [-0.4, -0.2) is 46.5 Å². The predicted octanol–water partition coefficient (Wildman–Crippen LogP) is 0.885. The minimum absolute atomic E-state index is 0.0158. The van der Waals surface area contributed by atoms with Gasteiger partial charge >= 0.3 is 0 Å². The van der Waals surface area contributed by atoms with Crippen LogP contribution in [0.2, 0.25) is 0 Å². The van der Waals surface area contributed by atoms with Crippen LogP contribution < -0.4 is 10.5 Å². The lowest BCUT2D eigenvalue weighted by Crippen LogP contribution is -3.13. The Labute approximate surface area is 164 Å². The first kappa shape index (κ1) is 18.4. The Morgan fingerprint density at radius 1 is 1.07 bits per heavy atom. The van der Waals surface area contributed by atoms with E-state index in [1.165, 1.54) is 21.4 Å². The first-order valence-corrected chi connectivity index (χ1v) is 9.75. The summed E-state index contributed by atoms with van der Waals surface area (Å²) in [5, 5.41) is 0.543. The summed E-state index contributed by atoms with van der Waals surface area (Å²) in [6, 6.07) is 17.1. The Kier molecular flexibility index (Phi) is 5.21. The smallest absolute Gasteiger partial charge is 0.261 e. The molecule has 0 aliphatic carbocycles. The molecule has 28 heavy (non-hydrogen) atoms. The minimum atomic E-state index is -0.555. The average Bonchev–Trinajstić information content (AvgIpc) is 2.74. The van der Waals surface area contributed by atoms with Gasteiger partial charge in [0.1, 0.15) is 12.6 Å². The quantitative estimate of drug-likeness (QED) is 0.735. The number of para-hydroxylation sites is 1. The fourth-order valence-electron chi connectivity index (χ4n) is 3.85. The second-order valence-electron chi connectivity index (χ2n) is 7.39. The molecule has 2 heterocycles. The average molecular weight is 377 g/mol. The second-order valence-corrected chi connectivity index (χ2v) is 7.39. The van der Waals surface area contributed by atoms with Crippen LogP contribution in [0.1, 0.15) is 18.5 Å². The largest absolute Gasteiger partial charge is 0.330 e. The molecule has 6 nitrogen and oxygen atoms in total. The molecular weight excluding hydrogens is 352 g/mol. The van der Waals surface area contributed by atoms with Gasteiger partial charge in [0, 0.05) is 5.56 Å². The molecule has 1 aliphatic rings. The molecule has 1 aromatic heterocycles. The lowest BCUT2D eigenvalue weighted by atomic mass is 10.2. The number of rotatable bonds is 4. The second kappa shape index (κ2) is 7.94. The van der Waals surface area contributed by atoms with Gasteiger partial charge in [-0.2, -0.15) is 0 Å². The van der Waals surface area contributed by atoms with Gasteiger partial charge in [-0.05, 0) is 19.1 Å². The van der Waals surface area contributed by atoms with Gasteiger partial charge in [0.05, 0.1) is 43.4 Å². The van der Waals surface area contributed by atoms with Crippen molar-refractivity contribution in [3.05, 3.63) is 76.8 Å². The van der Waals surface area contributed by atoms with Gasteiger partial charge in [0.25, 0.3) is 5.56 Å². The van der Waals surface area contributed by atoms with E-state index in [4.69, 9.17) is 0 Å². The van der Waals surface area contributed by atoms with Crippen LogP contribution in [0.25, 0.3) is 10.9 Å². The maximum Gasteiger partial charge on any atom is 0.261 e. The fourth-order valence-corrected chi connectivity index (χ4v) is 3.85. The Morgan fingerprint density at radius 2 is 1.75 bits per heavy atom. The minimum Gasteiger partial charge on any atom is -0.330 e. The molecule has 2 aromatic carbocycles. The number of hydrogen-bond donors (Lipinski definition) is 1. The molecule has 1 fully saturated rings. The summed E-state index contributed by atoms with van der Waals surface area (Å²) < 4.78 is 1.45. The molecule has 1 N–H and O–H groups in total. The van der Waals surface area contributed by atoms with E-state index in [9.17, 15) is 9.59 Å². The van der Waals surface area contributed by atoms with E-state index in [-0.39, 0.29) is 11.5 Å². The number of fused-ring (bicyclic) bond motifs is 1. The van der Waals surface area contributed by atoms with Crippen molar-refractivity contribution in [2.75, 3.05) is 26.2 Å². The molecule has 0 unspecified atom stereocenters. The molecule has 1 aliphatic heterocycles. The van der Waals surface area contributed by atoms with Crippen molar-refractivity contribution in [3.8, 4) is 0 Å². The topological polar surface area (TPSA) is 59.6 Å². The van der Waals surface area contributed by atoms with Crippen LogP contribution >= 0.6 is 0 Å². The predicted molar refractivity (Wildman–Crippen MR) is 108 cm³/mol. The number of benzene rings is 2. The van der Waals surface area contributed by atoms with Crippen molar-refractivity contribution in [2.24, 2.45) is 0 Å². The normalized spacial score (nSPS) is 16.2. The van der Waals surface area contributed by atoms with E-state index >= 15 is 0 Å². The van der Waals surface area contributed by atoms with Gasteiger partial charge in [0.15, 0.2) is 0 Å². The summed E-state index contributed by atoms with van der Waals surface area (Å²) in [5.41, 5.74) is 1.81. The maximum absolute atomic E-state index is 13.0. The van der Waals surface area contributed by atoms with Crippen molar-refractivity contribution in [3.63, 3.8) is 0 Å². The van der Waals surface area contributed by atoms with Crippen LogP contribution in [0.15, 0.2) is 65.7 Å². The maximum atomic E-state index is 13.0. The Hall–Kier alpha value is -2.99. The van der Waals surface area contributed by atoms with Crippen LogP contribution in [0.3, 0.4) is 0 Å². The number of amides is 1. The van der Waals surface area contributed by atoms with Gasteiger partial charge in [0.2, 0.25) is 5.91 Å². The molecular formula is C22H25N4O2+. The zero-order valence-corrected chi connectivity index (χ0v) is 16.0. The van der Waals surface area contributed by atoms with Crippen LogP contribution in [0.5, 0.6) is 0 Å². The molecule has 4 rings (SSSR count). The van der Waals surface area contributed by atoms with E-state index in [1.54, 1.807) is 13.0 Å². The third-order valence-electron chi connectivity index (χ3n) is 5.54. The number of piperazine rings is 1. The molecule has 1 atom stereocenters. The molecule has 0 spiro atoms. The van der Waals surface area contributed by atoms with Gasteiger partial charge in [-0.15, -0.1) is 0 Å². The molecule has 6 heteroatoms. The lowest BCUT2D eigenvalue weighted by Gasteiger charge is -2.34. The van der Waals surface area contributed by atoms with E-state index in [1.807, 2.05) is 29.2 Å². The Bertz CT molecular complexity index is 1020. The summed E-state index contributed by atoms with van der Waals surface area (Å²) in [4.78, 5) is 33.4. The summed E-state index contributed by atoms with van der Waals surface area (Å²) in [7, 11) is 0. The monoisotopic (exact) mass is 377 g/mol. The SMILES string of the molecule is C[C@@H](C(=O)N1CC[NH+](Cc2ccccc2)CC1)n1cnc2ccccc2c1=O. The molecule has 0 radical (unpaired) electrons. The number of nitrogens with one attached hydrogen (secondary N) is 1. The van der Waals surface area contributed by atoms with Crippen LogP contribution in [-0.2, 0) is 11.3 Å². The van der Waals surface area contributed by atoms with Gasteiger partial charge in [-0.3, -0.25) is 14.2 Å². The zero-order valence-electron chi connectivity index (χ0n) is 16.0. The Balaban J connectivity index is 1.43. The lowest BCUT2D eigenvalue weighted by molar-refractivity contribution is -0.917. The van der Waals surface area contributed by atoms with Crippen molar-refractivity contribution < 1.29 is 9.69 Å². The first-order valence-electron chi connectivity index (χ1n) is 9.75. The molecule has 144 valence electrons. The van der Waals surface area contributed by atoms with Gasteiger partial charge in [-0.25, -0.2) is 4.98 Å². The summed E-state index contributed by atoms with van der Waals surface area (Å²) in [6.07, 6.45) is 1.49. The molecule has 0 bridgehead atoms. The van der Waals surface area contributed by atoms with E-state index in [2.05, 4.69) is 29.2 Å². The first-order chi connectivity index (χ1) is 13.6. The third-order valence-corrected chi connectivity index (χ3v) is 5.54. The standard InChI is InChI=1S/C22H24N4O2/c1-17(26-16-23-20-10-6-5-9-19(20)22(26)28)21(27)25-13-11-24(12-14-25)15-18-7-3-2-4-8-18/h2-10,16-17H,11-15H2,1H3/p+1/t17-/m0/s1. The molecule has 1 amide bonds. The Morgan fingerprint density at radius 3 is 2.50 bits per heavy atom. The van der Waals surface area contributed by atoms with Crippen molar-refractivity contribution in [1.29, 1.82) is 0 Å². The highest BCUT2D eigenvalue weighted by atomic mass is 16.2. The van der Waals surface area contributed by atoms with Crippen molar-refractivity contribution in [2.45, 2.75) is 19.5 Å². The summed E-state index contributed by atoms with van der Waals surface area (Å²) in [5.74, 6) is -0.0158. The number of nitrogens with zero attached hydrogens (tertiary/aromatic N) is 3. The van der Waals surface area contributed by atoms with Crippen molar-refractivity contribution in [1.82, 2.24) is 14.5 Å². The number of carbonyl (C=O) groups excluding carboxylic acids is 1. The molecule has 3 aromatic rings. The van der Waals surface area contributed by atoms with Crippen molar-refractivity contribution >= 4 is 16.8 Å². The van der Waals surface area contributed by atoms with Crippen LogP contribution in [0.4, 0.5) is 0 Å². The molecule has 1 saturated heterocycles. The number of carbonyl (C=O) groups is 1. The highest BCUT2D eigenvalue weighted by Crippen LogP contribution is 2.11. The summed E-state index contributed by atoms with van der Waals surface area (Å²) >= 11 is 0. The highest BCUT2D eigenvalue weighted by molar-refractivity contribution is 5.81. The van der Waals surface area contributed by atoms with Crippen LogP contribution in [0, 0.1) is 0 Å². The summed E-state index contributed by atoms with van der Waals surface area (Å²) in [6.45, 7) is 6.01.